The Balaban J connectivity index is 1.93. The molecule has 0 atom stereocenters. The highest BCUT2D eigenvalue weighted by Crippen LogP contribution is 2.34. The summed E-state index contributed by atoms with van der Waals surface area (Å²) in [6.07, 6.45) is 2.96. The van der Waals surface area contributed by atoms with Gasteiger partial charge >= 0.3 is 0 Å². The topological polar surface area (TPSA) is 41.5 Å². The minimum Gasteiger partial charge on any atom is -0.494 e. The van der Waals surface area contributed by atoms with Crippen LogP contribution in [0.4, 0.5) is 0 Å². The molecular weight excluding hydrogens is 362 g/mol. The Morgan fingerprint density at radius 2 is 1.94 bits per heavy atom. The van der Waals surface area contributed by atoms with E-state index in [4.69, 9.17) is 4.74 Å². The van der Waals surface area contributed by atoms with Crippen LogP contribution in [0, 0.1) is 0 Å². The third-order valence-electron chi connectivity index (χ3n) is 3.33. The van der Waals surface area contributed by atoms with E-state index in [1.54, 1.807) is 7.11 Å². The summed E-state index contributed by atoms with van der Waals surface area (Å²) >= 11 is 6.96. The molecule has 1 fully saturated rings. The second-order valence-electron chi connectivity index (χ2n) is 4.77. The molecule has 5 heteroatoms. The van der Waals surface area contributed by atoms with Crippen molar-refractivity contribution < 1.29 is 9.84 Å². The van der Waals surface area contributed by atoms with Gasteiger partial charge in [-0.25, -0.2) is 0 Å². The zero-order chi connectivity index (χ0) is 13.2. The number of rotatable bonds is 5. The molecule has 0 saturated heterocycles. The summed E-state index contributed by atoms with van der Waals surface area (Å²) in [5, 5.41) is 13.3. The molecule has 1 aliphatic rings. The lowest BCUT2D eigenvalue weighted by Gasteiger charge is -2.36. The van der Waals surface area contributed by atoms with E-state index in [2.05, 4.69) is 37.2 Å². The number of methoxy groups -OCH3 is 1. The number of ether oxygens (including phenoxy) is 1. The first-order chi connectivity index (χ1) is 8.54. The third-order valence-corrected chi connectivity index (χ3v) is 4.51. The fraction of sp³-hybridized carbons (Fsp3) is 0.538. The molecule has 2 N–H and O–H groups in total. The van der Waals surface area contributed by atoms with Gasteiger partial charge < -0.3 is 15.2 Å². The molecule has 1 aromatic carbocycles. The van der Waals surface area contributed by atoms with Crippen molar-refractivity contribution in [1.82, 2.24) is 5.32 Å². The molecule has 0 bridgehead atoms. The summed E-state index contributed by atoms with van der Waals surface area (Å²) in [5.74, 6) is 0.802. The van der Waals surface area contributed by atoms with Gasteiger partial charge in [0.1, 0.15) is 5.75 Å². The molecule has 1 aromatic rings. The first-order valence-electron chi connectivity index (χ1n) is 5.99. The molecule has 0 spiro atoms. The summed E-state index contributed by atoms with van der Waals surface area (Å²) in [7, 11) is 1.65. The number of aliphatic hydroxyl groups is 1. The predicted molar refractivity (Wildman–Crippen MR) is 78.9 cm³/mol. The summed E-state index contributed by atoms with van der Waals surface area (Å²) in [4.78, 5) is 0. The Labute approximate surface area is 124 Å². The second kappa shape index (κ2) is 5.90. The first kappa shape index (κ1) is 14.3. The van der Waals surface area contributed by atoms with Crippen LogP contribution in [0.2, 0.25) is 0 Å². The van der Waals surface area contributed by atoms with Gasteiger partial charge in [-0.15, -0.1) is 0 Å². The molecule has 0 heterocycles. The van der Waals surface area contributed by atoms with Crippen molar-refractivity contribution in [2.45, 2.75) is 31.4 Å². The Hall–Kier alpha value is -0.100. The van der Waals surface area contributed by atoms with Crippen LogP contribution < -0.4 is 10.1 Å². The van der Waals surface area contributed by atoms with E-state index < -0.39 is 5.60 Å². The van der Waals surface area contributed by atoms with Gasteiger partial charge in [0.05, 0.1) is 21.7 Å². The lowest BCUT2D eigenvalue weighted by molar-refractivity contribution is -0.0314. The van der Waals surface area contributed by atoms with E-state index in [1.165, 1.54) is 0 Å². The van der Waals surface area contributed by atoms with Crippen LogP contribution in [-0.4, -0.2) is 24.4 Å². The second-order valence-corrected chi connectivity index (χ2v) is 6.48. The quantitative estimate of drug-likeness (QED) is 0.826. The van der Waals surface area contributed by atoms with Crippen LogP contribution in [0.5, 0.6) is 5.75 Å². The van der Waals surface area contributed by atoms with Crippen molar-refractivity contribution in [3.05, 3.63) is 26.6 Å². The van der Waals surface area contributed by atoms with Crippen LogP contribution in [0.15, 0.2) is 21.1 Å². The summed E-state index contributed by atoms with van der Waals surface area (Å²) in [6.45, 7) is 1.40. The SMILES string of the molecule is COc1c(Br)cc(CNCC2(O)CCC2)cc1Br. The van der Waals surface area contributed by atoms with Gasteiger partial charge in [-0.05, 0) is 68.8 Å². The van der Waals surface area contributed by atoms with Crippen LogP contribution >= 0.6 is 31.9 Å². The summed E-state index contributed by atoms with van der Waals surface area (Å²) in [6, 6.07) is 4.06. The van der Waals surface area contributed by atoms with E-state index in [1.807, 2.05) is 12.1 Å². The zero-order valence-corrected chi connectivity index (χ0v) is 13.5. The molecule has 2 rings (SSSR count). The summed E-state index contributed by atoms with van der Waals surface area (Å²) < 4.78 is 7.12. The van der Waals surface area contributed by atoms with Crippen LogP contribution in [0.3, 0.4) is 0 Å². The highest BCUT2D eigenvalue weighted by Gasteiger charge is 2.33. The zero-order valence-electron chi connectivity index (χ0n) is 10.3. The number of halogens is 2. The fourth-order valence-electron chi connectivity index (χ4n) is 2.11. The van der Waals surface area contributed by atoms with Crippen LogP contribution in [-0.2, 0) is 6.54 Å². The van der Waals surface area contributed by atoms with Gasteiger partial charge in [0.15, 0.2) is 0 Å². The highest BCUT2D eigenvalue weighted by atomic mass is 79.9. The van der Waals surface area contributed by atoms with Crippen LogP contribution in [0.25, 0.3) is 0 Å². The average molecular weight is 379 g/mol. The van der Waals surface area contributed by atoms with Crippen molar-refractivity contribution in [2.24, 2.45) is 0 Å². The molecule has 0 amide bonds. The lowest BCUT2D eigenvalue weighted by Crippen LogP contribution is -2.45. The van der Waals surface area contributed by atoms with Gasteiger partial charge in [0.2, 0.25) is 0 Å². The summed E-state index contributed by atoms with van der Waals surface area (Å²) in [5.41, 5.74) is 0.679. The number of nitrogens with one attached hydrogen (secondary N) is 1. The van der Waals surface area contributed by atoms with Gasteiger partial charge in [-0.1, -0.05) is 0 Å². The third kappa shape index (κ3) is 3.26. The van der Waals surface area contributed by atoms with Crippen molar-refractivity contribution in [3.8, 4) is 5.75 Å². The Bertz CT molecular complexity index is 410. The average Bonchev–Trinajstić information content (AvgIpc) is 2.26. The van der Waals surface area contributed by atoms with Gasteiger partial charge in [-0.2, -0.15) is 0 Å². The largest absolute Gasteiger partial charge is 0.494 e. The lowest BCUT2D eigenvalue weighted by atomic mass is 9.80. The molecule has 1 saturated carbocycles. The number of hydrogen-bond donors (Lipinski definition) is 2. The molecule has 0 radical (unpaired) electrons. The Morgan fingerprint density at radius 3 is 2.39 bits per heavy atom. The standard InChI is InChI=1S/C13H17Br2NO2/c1-18-12-10(14)5-9(6-11(12)15)7-16-8-13(17)3-2-4-13/h5-6,16-17H,2-4,7-8H2,1H3. The molecule has 1 aliphatic carbocycles. The maximum Gasteiger partial charge on any atom is 0.147 e. The highest BCUT2D eigenvalue weighted by molar-refractivity contribution is 9.11. The van der Waals surface area contributed by atoms with Crippen molar-refractivity contribution in [1.29, 1.82) is 0 Å². The van der Waals surface area contributed by atoms with E-state index in [9.17, 15) is 5.11 Å². The minimum atomic E-state index is -0.471. The normalized spacial score (nSPS) is 17.3. The molecular formula is C13H17Br2NO2. The van der Waals surface area contributed by atoms with Crippen LogP contribution in [0.1, 0.15) is 24.8 Å². The number of hydrogen-bond acceptors (Lipinski definition) is 3. The predicted octanol–water partition coefficient (Wildman–Crippen LogP) is 3.22. The maximum absolute atomic E-state index is 9.98. The molecule has 3 nitrogen and oxygen atoms in total. The smallest absolute Gasteiger partial charge is 0.147 e. The Morgan fingerprint density at radius 1 is 1.33 bits per heavy atom. The van der Waals surface area contributed by atoms with Gasteiger partial charge in [0.25, 0.3) is 0 Å². The molecule has 0 unspecified atom stereocenters. The first-order valence-corrected chi connectivity index (χ1v) is 7.58. The monoisotopic (exact) mass is 377 g/mol. The van der Waals surface area contributed by atoms with Crippen molar-refractivity contribution in [2.75, 3.05) is 13.7 Å². The fourth-order valence-corrected chi connectivity index (χ4v) is 3.72. The van der Waals surface area contributed by atoms with Crippen molar-refractivity contribution in [3.63, 3.8) is 0 Å². The van der Waals surface area contributed by atoms with Crippen molar-refractivity contribution >= 4 is 31.9 Å². The molecule has 0 aromatic heterocycles. The molecule has 100 valence electrons. The van der Waals surface area contributed by atoms with E-state index in [0.29, 0.717) is 6.54 Å². The molecule has 0 aliphatic heterocycles. The van der Waals surface area contributed by atoms with Gasteiger partial charge in [-0.3, -0.25) is 0 Å². The van der Waals surface area contributed by atoms with E-state index in [-0.39, 0.29) is 0 Å². The Kier molecular flexibility index (Phi) is 4.69. The van der Waals surface area contributed by atoms with Gasteiger partial charge in [0, 0.05) is 13.1 Å². The molecule has 18 heavy (non-hydrogen) atoms. The van der Waals surface area contributed by atoms with E-state index >= 15 is 0 Å². The number of benzene rings is 1. The van der Waals surface area contributed by atoms with E-state index in [0.717, 1.165) is 46.1 Å². The minimum absolute atomic E-state index is 0.471. The maximum atomic E-state index is 9.98.